The number of halogens is 2. The Morgan fingerprint density at radius 3 is 2.60 bits per heavy atom. The molecule has 0 heterocycles. The number of aliphatic hydroxyl groups is 1. The Bertz CT molecular complexity index is 453. The molecule has 1 atom stereocenters. The minimum absolute atomic E-state index is 0.000357. The maximum absolute atomic E-state index is 13.3. The fraction of sp³-hybridized carbons (Fsp3) is 0.500. The SMILES string of the molecule is CCC(CC)NC(=O)NCC(O)c1ccc(Cl)c(F)c1. The summed E-state index contributed by atoms with van der Waals surface area (Å²) in [6.45, 7) is 3.98. The average Bonchev–Trinajstić information content (AvgIpc) is 2.45. The average molecular weight is 303 g/mol. The number of urea groups is 1. The summed E-state index contributed by atoms with van der Waals surface area (Å²) < 4.78 is 13.3. The third kappa shape index (κ3) is 4.98. The summed E-state index contributed by atoms with van der Waals surface area (Å²) in [7, 11) is 0. The van der Waals surface area contributed by atoms with Crippen LogP contribution < -0.4 is 10.6 Å². The van der Waals surface area contributed by atoms with E-state index in [2.05, 4.69) is 10.6 Å². The molecule has 0 saturated heterocycles. The Hall–Kier alpha value is -1.33. The van der Waals surface area contributed by atoms with Gasteiger partial charge in [-0.25, -0.2) is 9.18 Å². The first-order valence-corrected chi connectivity index (χ1v) is 7.03. The monoisotopic (exact) mass is 302 g/mol. The van der Waals surface area contributed by atoms with Crippen LogP contribution in [-0.4, -0.2) is 23.7 Å². The van der Waals surface area contributed by atoms with Crippen LogP contribution in [0.1, 0.15) is 38.4 Å². The van der Waals surface area contributed by atoms with Crippen LogP contribution in [0, 0.1) is 5.82 Å². The van der Waals surface area contributed by atoms with Gasteiger partial charge in [0.1, 0.15) is 5.82 Å². The maximum Gasteiger partial charge on any atom is 0.315 e. The molecule has 0 aliphatic heterocycles. The van der Waals surface area contributed by atoms with Crippen molar-refractivity contribution in [1.29, 1.82) is 0 Å². The predicted octanol–water partition coefficient (Wildman–Crippen LogP) is 3.00. The summed E-state index contributed by atoms with van der Waals surface area (Å²) in [5.41, 5.74) is 0.370. The minimum atomic E-state index is -0.978. The third-order valence-corrected chi connectivity index (χ3v) is 3.41. The summed E-state index contributed by atoms with van der Waals surface area (Å²) in [4.78, 5) is 11.6. The molecular weight excluding hydrogens is 283 g/mol. The highest BCUT2D eigenvalue weighted by Crippen LogP contribution is 2.19. The van der Waals surface area contributed by atoms with E-state index in [1.165, 1.54) is 12.1 Å². The van der Waals surface area contributed by atoms with Crippen molar-refractivity contribution in [3.8, 4) is 0 Å². The molecule has 1 aromatic carbocycles. The zero-order valence-electron chi connectivity index (χ0n) is 11.6. The molecule has 20 heavy (non-hydrogen) atoms. The van der Waals surface area contributed by atoms with Gasteiger partial charge in [0.05, 0.1) is 11.1 Å². The molecule has 6 heteroatoms. The predicted molar refractivity (Wildman–Crippen MR) is 77.3 cm³/mol. The molecule has 3 N–H and O–H groups in total. The molecule has 1 aromatic rings. The molecule has 112 valence electrons. The van der Waals surface area contributed by atoms with Gasteiger partial charge in [-0.3, -0.25) is 0 Å². The van der Waals surface area contributed by atoms with Gasteiger partial charge in [-0.15, -0.1) is 0 Å². The second kappa shape index (κ2) is 8.07. The molecule has 1 unspecified atom stereocenters. The number of hydrogen-bond acceptors (Lipinski definition) is 2. The second-order valence-electron chi connectivity index (χ2n) is 4.56. The number of benzene rings is 1. The Morgan fingerprint density at radius 2 is 2.05 bits per heavy atom. The number of amides is 2. The zero-order valence-corrected chi connectivity index (χ0v) is 12.4. The van der Waals surface area contributed by atoms with Crippen molar-refractivity contribution in [1.82, 2.24) is 10.6 Å². The van der Waals surface area contributed by atoms with Gasteiger partial charge >= 0.3 is 6.03 Å². The van der Waals surface area contributed by atoms with Crippen molar-refractivity contribution < 1.29 is 14.3 Å². The molecule has 0 fully saturated rings. The number of nitrogens with one attached hydrogen (secondary N) is 2. The highest BCUT2D eigenvalue weighted by Gasteiger charge is 2.13. The zero-order chi connectivity index (χ0) is 15.1. The molecule has 0 spiro atoms. The molecule has 1 rings (SSSR count). The van der Waals surface area contributed by atoms with Crippen molar-refractivity contribution in [2.45, 2.75) is 38.8 Å². The Kier molecular flexibility index (Phi) is 6.75. The van der Waals surface area contributed by atoms with E-state index in [0.29, 0.717) is 5.56 Å². The van der Waals surface area contributed by atoms with Crippen molar-refractivity contribution >= 4 is 17.6 Å². The van der Waals surface area contributed by atoms with Gasteiger partial charge in [-0.05, 0) is 30.5 Å². The fourth-order valence-electron chi connectivity index (χ4n) is 1.76. The van der Waals surface area contributed by atoms with E-state index in [0.717, 1.165) is 18.9 Å². The molecule has 0 aliphatic carbocycles. The van der Waals surface area contributed by atoms with Crippen molar-refractivity contribution in [2.24, 2.45) is 0 Å². The number of carbonyl (C=O) groups excluding carboxylic acids is 1. The lowest BCUT2D eigenvalue weighted by Crippen LogP contribution is -2.42. The maximum atomic E-state index is 13.3. The first kappa shape index (κ1) is 16.7. The molecule has 0 radical (unpaired) electrons. The van der Waals surface area contributed by atoms with E-state index < -0.39 is 11.9 Å². The van der Waals surface area contributed by atoms with Crippen LogP contribution in [0.5, 0.6) is 0 Å². The Labute approximate surface area is 123 Å². The van der Waals surface area contributed by atoms with E-state index >= 15 is 0 Å². The van der Waals surface area contributed by atoms with Gasteiger partial charge < -0.3 is 15.7 Å². The normalized spacial score (nSPS) is 12.3. The van der Waals surface area contributed by atoms with Crippen molar-refractivity contribution in [2.75, 3.05) is 6.54 Å². The molecular formula is C14H20ClFN2O2. The molecule has 2 amide bonds. The minimum Gasteiger partial charge on any atom is -0.387 e. The topological polar surface area (TPSA) is 61.4 Å². The van der Waals surface area contributed by atoms with Gasteiger partial charge in [-0.2, -0.15) is 0 Å². The molecule has 0 aliphatic rings. The van der Waals surface area contributed by atoms with E-state index in [-0.39, 0.29) is 23.6 Å². The highest BCUT2D eigenvalue weighted by molar-refractivity contribution is 6.30. The summed E-state index contributed by atoms with van der Waals surface area (Å²) in [6, 6.07) is 3.83. The molecule has 0 saturated carbocycles. The smallest absolute Gasteiger partial charge is 0.315 e. The van der Waals surface area contributed by atoms with Crippen LogP contribution in [0.2, 0.25) is 5.02 Å². The highest BCUT2D eigenvalue weighted by atomic mass is 35.5. The lowest BCUT2D eigenvalue weighted by atomic mass is 10.1. The fourth-order valence-corrected chi connectivity index (χ4v) is 1.87. The number of rotatable bonds is 6. The van der Waals surface area contributed by atoms with Crippen LogP contribution in [0.4, 0.5) is 9.18 Å². The molecule has 0 aromatic heterocycles. The lowest BCUT2D eigenvalue weighted by molar-refractivity contribution is 0.172. The van der Waals surface area contributed by atoms with Crippen LogP contribution in [0.15, 0.2) is 18.2 Å². The van der Waals surface area contributed by atoms with Crippen LogP contribution in [-0.2, 0) is 0 Å². The van der Waals surface area contributed by atoms with Crippen LogP contribution in [0.3, 0.4) is 0 Å². The van der Waals surface area contributed by atoms with Gasteiger partial charge in [0.25, 0.3) is 0 Å². The van der Waals surface area contributed by atoms with Gasteiger partial charge in [0, 0.05) is 12.6 Å². The van der Waals surface area contributed by atoms with Gasteiger partial charge in [-0.1, -0.05) is 31.5 Å². The van der Waals surface area contributed by atoms with E-state index in [1.807, 2.05) is 13.8 Å². The van der Waals surface area contributed by atoms with Gasteiger partial charge in [0.2, 0.25) is 0 Å². The van der Waals surface area contributed by atoms with Crippen molar-refractivity contribution in [3.05, 3.63) is 34.6 Å². The largest absolute Gasteiger partial charge is 0.387 e. The van der Waals surface area contributed by atoms with E-state index in [4.69, 9.17) is 11.6 Å². The number of hydrogen-bond donors (Lipinski definition) is 3. The van der Waals surface area contributed by atoms with Crippen LogP contribution >= 0.6 is 11.6 Å². The van der Waals surface area contributed by atoms with Crippen molar-refractivity contribution in [3.63, 3.8) is 0 Å². The number of aliphatic hydroxyl groups excluding tert-OH is 1. The first-order valence-electron chi connectivity index (χ1n) is 6.65. The standard InChI is InChI=1S/C14H20ClFN2O2/c1-3-10(4-2)18-14(20)17-8-13(19)9-5-6-11(15)12(16)7-9/h5-7,10,13,19H,3-4,8H2,1-2H3,(H2,17,18,20). The van der Waals surface area contributed by atoms with E-state index in [9.17, 15) is 14.3 Å². The number of carbonyl (C=O) groups is 1. The summed E-state index contributed by atoms with van der Waals surface area (Å²) in [5, 5.41) is 15.2. The molecule has 4 nitrogen and oxygen atoms in total. The van der Waals surface area contributed by atoms with Gasteiger partial charge in [0.15, 0.2) is 0 Å². The first-order chi connectivity index (χ1) is 9.47. The summed E-state index contributed by atoms with van der Waals surface area (Å²) in [5.74, 6) is -0.593. The second-order valence-corrected chi connectivity index (χ2v) is 4.96. The van der Waals surface area contributed by atoms with E-state index in [1.54, 1.807) is 0 Å². The quantitative estimate of drug-likeness (QED) is 0.756. The summed E-state index contributed by atoms with van der Waals surface area (Å²) in [6.07, 6.45) is 0.707. The Balaban J connectivity index is 2.48. The lowest BCUT2D eigenvalue weighted by Gasteiger charge is -2.17. The Morgan fingerprint density at radius 1 is 1.40 bits per heavy atom. The molecule has 0 bridgehead atoms. The third-order valence-electron chi connectivity index (χ3n) is 3.11. The van der Waals surface area contributed by atoms with Crippen LogP contribution in [0.25, 0.3) is 0 Å². The summed E-state index contributed by atoms with van der Waals surface area (Å²) >= 11 is 5.57.